The van der Waals surface area contributed by atoms with Crippen LogP contribution in [0.15, 0.2) is 0 Å². The zero-order valence-electron chi connectivity index (χ0n) is 10.6. The van der Waals surface area contributed by atoms with E-state index in [4.69, 9.17) is 14.2 Å². The quantitative estimate of drug-likeness (QED) is 0.692. The molecule has 1 fully saturated rings. The minimum Gasteiger partial charge on any atom is -0.461 e. The van der Waals surface area contributed by atoms with Gasteiger partial charge < -0.3 is 14.2 Å². The highest BCUT2D eigenvalue weighted by Gasteiger charge is 2.25. The number of carbonyl (C=O) groups excluding carboxylic acids is 1. The SMILES string of the molecule is CC(C)OC(=O)COC1CC(C)OC(C)C1. The lowest BCUT2D eigenvalue weighted by Gasteiger charge is -2.31. The molecule has 16 heavy (non-hydrogen) atoms. The molecular formula is C12H22O4. The summed E-state index contributed by atoms with van der Waals surface area (Å²) in [5, 5.41) is 0. The fourth-order valence-electron chi connectivity index (χ4n) is 1.96. The Kier molecular flexibility index (Phi) is 5.22. The van der Waals surface area contributed by atoms with Crippen molar-refractivity contribution in [3.8, 4) is 0 Å². The van der Waals surface area contributed by atoms with Crippen molar-refractivity contribution in [2.75, 3.05) is 6.61 Å². The minimum atomic E-state index is -0.290. The summed E-state index contributed by atoms with van der Waals surface area (Å²) in [6, 6.07) is 0. The van der Waals surface area contributed by atoms with Crippen LogP contribution in [0, 0.1) is 0 Å². The predicted octanol–water partition coefficient (Wildman–Crippen LogP) is 1.91. The summed E-state index contributed by atoms with van der Waals surface area (Å²) in [7, 11) is 0. The number of carbonyl (C=O) groups is 1. The maximum absolute atomic E-state index is 11.3. The first-order valence-corrected chi connectivity index (χ1v) is 5.94. The molecular weight excluding hydrogens is 208 g/mol. The second-order valence-electron chi connectivity index (χ2n) is 4.70. The zero-order chi connectivity index (χ0) is 12.1. The largest absolute Gasteiger partial charge is 0.461 e. The first kappa shape index (κ1) is 13.5. The number of hydrogen-bond acceptors (Lipinski definition) is 4. The molecule has 0 saturated carbocycles. The van der Waals surface area contributed by atoms with Crippen molar-refractivity contribution in [1.29, 1.82) is 0 Å². The third kappa shape index (κ3) is 4.94. The molecule has 0 N–H and O–H groups in total. The first-order chi connectivity index (χ1) is 7.47. The molecule has 0 amide bonds. The Balaban J connectivity index is 2.24. The second kappa shape index (κ2) is 6.21. The fraction of sp³-hybridized carbons (Fsp3) is 0.917. The Bertz CT molecular complexity index is 217. The Hall–Kier alpha value is -0.610. The smallest absolute Gasteiger partial charge is 0.332 e. The zero-order valence-corrected chi connectivity index (χ0v) is 10.6. The molecule has 1 rings (SSSR count). The topological polar surface area (TPSA) is 44.8 Å². The van der Waals surface area contributed by atoms with Gasteiger partial charge in [-0.05, 0) is 40.5 Å². The number of hydrogen-bond donors (Lipinski definition) is 0. The van der Waals surface area contributed by atoms with E-state index in [9.17, 15) is 4.79 Å². The highest BCUT2D eigenvalue weighted by Crippen LogP contribution is 2.21. The van der Waals surface area contributed by atoms with Crippen LogP contribution in [0.4, 0.5) is 0 Å². The van der Waals surface area contributed by atoms with Gasteiger partial charge in [0.25, 0.3) is 0 Å². The molecule has 0 aromatic heterocycles. The van der Waals surface area contributed by atoms with Gasteiger partial charge in [0.05, 0.1) is 24.4 Å². The standard InChI is InChI=1S/C12H22O4/c1-8(2)15-12(13)7-14-11-5-9(3)16-10(4)6-11/h8-11H,5-7H2,1-4H3. The maximum atomic E-state index is 11.3. The molecule has 0 aliphatic carbocycles. The van der Waals surface area contributed by atoms with Crippen molar-refractivity contribution in [3.63, 3.8) is 0 Å². The van der Waals surface area contributed by atoms with Crippen molar-refractivity contribution in [2.24, 2.45) is 0 Å². The van der Waals surface area contributed by atoms with Gasteiger partial charge in [-0.25, -0.2) is 4.79 Å². The Morgan fingerprint density at radius 3 is 2.38 bits per heavy atom. The third-order valence-electron chi connectivity index (χ3n) is 2.46. The normalized spacial score (nSPS) is 30.4. The lowest BCUT2D eigenvalue weighted by molar-refractivity contribution is -0.160. The number of esters is 1. The molecule has 1 aliphatic rings. The molecule has 1 saturated heterocycles. The molecule has 2 unspecified atom stereocenters. The van der Waals surface area contributed by atoms with Crippen LogP contribution in [0.25, 0.3) is 0 Å². The average Bonchev–Trinajstić information content (AvgIpc) is 2.12. The van der Waals surface area contributed by atoms with E-state index in [1.165, 1.54) is 0 Å². The van der Waals surface area contributed by atoms with Crippen LogP contribution in [-0.4, -0.2) is 37.0 Å². The molecule has 0 aromatic carbocycles. The summed E-state index contributed by atoms with van der Waals surface area (Å²) < 4.78 is 16.1. The van der Waals surface area contributed by atoms with Gasteiger partial charge in [0.2, 0.25) is 0 Å². The maximum Gasteiger partial charge on any atom is 0.332 e. The summed E-state index contributed by atoms with van der Waals surface area (Å²) in [5.41, 5.74) is 0. The molecule has 94 valence electrons. The average molecular weight is 230 g/mol. The summed E-state index contributed by atoms with van der Waals surface area (Å²) >= 11 is 0. The number of ether oxygens (including phenoxy) is 3. The second-order valence-corrected chi connectivity index (χ2v) is 4.70. The van der Waals surface area contributed by atoms with Crippen molar-refractivity contribution >= 4 is 5.97 Å². The van der Waals surface area contributed by atoms with Gasteiger partial charge in [-0.15, -0.1) is 0 Å². The minimum absolute atomic E-state index is 0.0439. The van der Waals surface area contributed by atoms with Crippen molar-refractivity contribution in [2.45, 2.75) is 65.0 Å². The van der Waals surface area contributed by atoms with E-state index in [0.717, 1.165) is 12.8 Å². The van der Waals surface area contributed by atoms with Gasteiger partial charge in [0.15, 0.2) is 0 Å². The van der Waals surface area contributed by atoms with Gasteiger partial charge in [0, 0.05) is 0 Å². The Labute approximate surface area is 97.2 Å². The van der Waals surface area contributed by atoms with Crippen LogP contribution >= 0.6 is 0 Å². The Morgan fingerprint density at radius 2 is 1.88 bits per heavy atom. The molecule has 4 nitrogen and oxygen atoms in total. The van der Waals surface area contributed by atoms with Crippen LogP contribution in [-0.2, 0) is 19.0 Å². The lowest BCUT2D eigenvalue weighted by atomic mass is 10.0. The van der Waals surface area contributed by atoms with Crippen molar-refractivity contribution in [3.05, 3.63) is 0 Å². The molecule has 0 radical (unpaired) electrons. The van der Waals surface area contributed by atoms with Crippen molar-refractivity contribution < 1.29 is 19.0 Å². The molecule has 0 spiro atoms. The van der Waals surface area contributed by atoms with E-state index in [2.05, 4.69) is 0 Å². The molecule has 0 bridgehead atoms. The number of rotatable bonds is 4. The monoisotopic (exact) mass is 230 g/mol. The van der Waals surface area contributed by atoms with Gasteiger partial charge >= 0.3 is 5.97 Å². The van der Waals surface area contributed by atoms with Gasteiger partial charge in [0.1, 0.15) is 6.61 Å². The molecule has 4 heteroatoms. The van der Waals surface area contributed by atoms with Crippen LogP contribution in [0.5, 0.6) is 0 Å². The van der Waals surface area contributed by atoms with E-state index < -0.39 is 0 Å². The third-order valence-corrected chi connectivity index (χ3v) is 2.46. The van der Waals surface area contributed by atoms with E-state index in [1.807, 2.05) is 27.7 Å². The molecule has 1 heterocycles. The lowest BCUT2D eigenvalue weighted by Crippen LogP contribution is -2.35. The molecule has 0 aromatic rings. The first-order valence-electron chi connectivity index (χ1n) is 5.94. The van der Waals surface area contributed by atoms with Crippen LogP contribution < -0.4 is 0 Å². The molecule has 2 atom stereocenters. The summed E-state index contributed by atoms with van der Waals surface area (Å²) in [6.07, 6.45) is 2.13. The van der Waals surface area contributed by atoms with E-state index in [-0.39, 0.29) is 37.0 Å². The van der Waals surface area contributed by atoms with E-state index in [1.54, 1.807) is 0 Å². The predicted molar refractivity (Wildman–Crippen MR) is 60.2 cm³/mol. The summed E-state index contributed by atoms with van der Waals surface area (Å²) in [4.78, 5) is 11.3. The van der Waals surface area contributed by atoms with Gasteiger partial charge in [-0.3, -0.25) is 0 Å². The van der Waals surface area contributed by atoms with Gasteiger partial charge in [-0.1, -0.05) is 0 Å². The summed E-state index contributed by atoms with van der Waals surface area (Å²) in [5.74, 6) is -0.290. The van der Waals surface area contributed by atoms with Crippen LogP contribution in [0.2, 0.25) is 0 Å². The van der Waals surface area contributed by atoms with Crippen molar-refractivity contribution in [1.82, 2.24) is 0 Å². The van der Waals surface area contributed by atoms with Crippen LogP contribution in [0.3, 0.4) is 0 Å². The Morgan fingerprint density at radius 1 is 1.31 bits per heavy atom. The fourth-order valence-corrected chi connectivity index (χ4v) is 1.96. The summed E-state index contributed by atoms with van der Waals surface area (Å²) in [6.45, 7) is 7.76. The van der Waals surface area contributed by atoms with Gasteiger partial charge in [-0.2, -0.15) is 0 Å². The van der Waals surface area contributed by atoms with E-state index >= 15 is 0 Å². The van der Waals surface area contributed by atoms with Crippen LogP contribution in [0.1, 0.15) is 40.5 Å². The molecule has 1 aliphatic heterocycles. The highest BCUT2D eigenvalue weighted by molar-refractivity contribution is 5.70. The highest BCUT2D eigenvalue weighted by atomic mass is 16.6. The van der Waals surface area contributed by atoms with E-state index in [0.29, 0.717) is 0 Å².